The number of amides is 2. The standard InChI is InChI=1S/C13H22N4O3/c1-4-5-11(6-12(18)19)16-13(20)14-7-10-8-15-17(3)9(10)2/h8,11H,4-7H2,1-3H3,(H,18,19)(H2,14,16,20). The zero-order valence-electron chi connectivity index (χ0n) is 12.1. The van der Waals surface area contributed by atoms with Crippen molar-refractivity contribution in [3.05, 3.63) is 17.5 Å². The topological polar surface area (TPSA) is 96.2 Å². The van der Waals surface area contributed by atoms with E-state index in [0.717, 1.165) is 17.7 Å². The van der Waals surface area contributed by atoms with Crippen molar-refractivity contribution in [3.63, 3.8) is 0 Å². The molecule has 112 valence electrons. The second kappa shape index (κ2) is 7.52. The van der Waals surface area contributed by atoms with Gasteiger partial charge in [-0.05, 0) is 13.3 Å². The van der Waals surface area contributed by atoms with E-state index in [9.17, 15) is 9.59 Å². The fourth-order valence-electron chi connectivity index (χ4n) is 1.91. The van der Waals surface area contributed by atoms with Gasteiger partial charge in [0.15, 0.2) is 0 Å². The highest BCUT2D eigenvalue weighted by Gasteiger charge is 2.15. The Morgan fingerprint density at radius 3 is 2.70 bits per heavy atom. The third-order valence-electron chi connectivity index (χ3n) is 3.17. The lowest BCUT2D eigenvalue weighted by Crippen LogP contribution is -2.42. The molecule has 0 fully saturated rings. The van der Waals surface area contributed by atoms with Crippen LogP contribution in [0.15, 0.2) is 6.20 Å². The lowest BCUT2D eigenvalue weighted by atomic mass is 10.1. The molecule has 20 heavy (non-hydrogen) atoms. The van der Waals surface area contributed by atoms with Gasteiger partial charge < -0.3 is 15.7 Å². The molecule has 0 spiro atoms. The smallest absolute Gasteiger partial charge is 0.315 e. The van der Waals surface area contributed by atoms with Crippen LogP contribution in [0.2, 0.25) is 0 Å². The summed E-state index contributed by atoms with van der Waals surface area (Å²) in [5.41, 5.74) is 1.92. The number of nitrogens with one attached hydrogen (secondary N) is 2. The van der Waals surface area contributed by atoms with Crippen LogP contribution in [0.3, 0.4) is 0 Å². The van der Waals surface area contributed by atoms with Gasteiger partial charge in [-0.1, -0.05) is 13.3 Å². The Morgan fingerprint density at radius 2 is 2.20 bits per heavy atom. The Balaban J connectivity index is 2.45. The number of carboxylic acid groups (broad SMARTS) is 1. The van der Waals surface area contributed by atoms with Crippen molar-refractivity contribution in [2.24, 2.45) is 7.05 Å². The second-order valence-electron chi connectivity index (χ2n) is 4.79. The lowest BCUT2D eigenvalue weighted by molar-refractivity contribution is -0.137. The van der Waals surface area contributed by atoms with E-state index in [1.165, 1.54) is 0 Å². The van der Waals surface area contributed by atoms with Gasteiger partial charge in [-0.25, -0.2) is 4.79 Å². The third kappa shape index (κ3) is 4.91. The van der Waals surface area contributed by atoms with E-state index in [-0.39, 0.29) is 18.5 Å². The minimum atomic E-state index is -0.910. The van der Waals surface area contributed by atoms with Gasteiger partial charge in [0.2, 0.25) is 0 Å². The van der Waals surface area contributed by atoms with Crippen LogP contribution in [0.1, 0.15) is 37.4 Å². The number of hydrogen-bond donors (Lipinski definition) is 3. The molecular formula is C13H22N4O3. The molecule has 0 bridgehead atoms. The molecule has 1 atom stereocenters. The molecule has 2 amide bonds. The summed E-state index contributed by atoms with van der Waals surface area (Å²) in [5.74, 6) is -0.910. The minimum Gasteiger partial charge on any atom is -0.481 e. The van der Waals surface area contributed by atoms with E-state index in [0.29, 0.717) is 13.0 Å². The quantitative estimate of drug-likeness (QED) is 0.699. The van der Waals surface area contributed by atoms with Gasteiger partial charge >= 0.3 is 12.0 Å². The predicted octanol–water partition coefficient (Wildman–Crippen LogP) is 1.17. The molecule has 0 saturated carbocycles. The third-order valence-corrected chi connectivity index (χ3v) is 3.17. The normalized spacial score (nSPS) is 11.9. The fourth-order valence-corrected chi connectivity index (χ4v) is 1.91. The first kappa shape index (κ1) is 16.0. The molecule has 0 saturated heterocycles. The van der Waals surface area contributed by atoms with Crippen LogP contribution in [0, 0.1) is 6.92 Å². The van der Waals surface area contributed by atoms with Gasteiger partial charge in [-0.3, -0.25) is 9.48 Å². The van der Waals surface area contributed by atoms with Crippen LogP contribution in [0.4, 0.5) is 4.79 Å². The monoisotopic (exact) mass is 282 g/mol. The number of rotatable bonds is 7. The molecule has 3 N–H and O–H groups in total. The zero-order valence-corrected chi connectivity index (χ0v) is 12.1. The molecule has 1 rings (SSSR count). The molecular weight excluding hydrogens is 260 g/mol. The van der Waals surface area contributed by atoms with E-state index >= 15 is 0 Å². The Labute approximate surface area is 118 Å². The summed E-state index contributed by atoms with van der Waals surface area (Å²) in [6.45, 7) is 4.25. The molecule has 1 aromatic rings. The van der Waals surface area contributed by atoms with Crippen molar-refractivity contribution >= 4 is 12.0 Å². The summed E-state index contributed by atoms with van der Waals surface area (Å²) < 4.78 is 1.74. The van der Waals surface area contributed by atoms with Crippen molar-refractivity contribution in [2.45, 2.75) is 45.7 Å². The van der Waals surface area contributed by atoms with Gasteiger partial charge in [0.25, 0.3) is 0 Å². The average molecular weight is 282 g/mol. The minimum absolute atomic E-state index is 0.0623. The van der Waals surface area contributed by atoms with E-state index in [2.05, 4.69) is 15.7 Å². The SMILES string of the molecule is CCCC(CC(=O)O)NC(=O)NCc1cnn(C)c1C. The molecule has 7 nitrogen and oxygen atoms in total. The van der Waals surface area contributed by atoms with Gasteiger partial charge in [-0.2, -0.15) is 5.10 Å². The maximum absolute atomic E-state index is 11.8. The van der Waals surface area contributed by atoms with Gasteiger partial charge in [-0.15, -0.1) is 0 Å². The van der Waals surface area contributed by atoms with E-state index in [1.807, 2.05) is 20.9 Å². The first-order valence-electron chi connectivity index (χ1n) is 6.67. The molecule has 1 aromatic heterocycles. The van der Waals surface area contributed by atoms with Crippen molar-refractivity contribution in [3.8, 4) is 0 Å². The molecule has 7 heteroatoms. The number of urea groups is 1. The van der Waals surface area contributed by atoms with E-state index in [1.54, 1.807) is 10.9 Å². The van der Waals surface area contributed by atoms with Crippen molar-refractivity contribution < 1.29 is 14.7 Å². The van der Waals surface area contributed by atoms with Crippen LogP contribution < -0.4 is 10.6 Å². The lowest BCUT2D eigenvalue weighted by Gasteiger charge is -2.16. The number of hydrogen-bond acceptors (Lipinski definition) is 3. The van der Waals surface area contributed by atoms with Crippen LogP contribution >= 0.6 is 0 Å². The number of aliphatic carboxylic acids is 1. The molecule has 0 aliphatic heterocycles. The summed E-state index contributed by atoms with van der Waals surface area (Å²) in [6, 6.07) is -0.694. The molecule has 1 heterocycles. The summed E-state index contributed by atoms with van der Waals surface area (Å²) in [6.07, 6.45) is 3.11. The summed E-state index contributed by atoms with van der Waals surface area (Å²) in [5, 5.41) is 18.3. The van der Waals surface area contributed by atoms with Crippen molar-refractivity contribution in [1.82, 2.24) is 20.4 Å². The van der Waals surface area contributed by atoms with Gasteiger partial charge in [0, 0.05) is 30.9 Å². The largest absolute Gasteiger partial charge is 0.481 e. The maximum Gasteiger partial charge on any atom is 0.315 e. The summed E-state index contributed by atoms with van der Waals surface area (Å²) in [4.78, 5) is 22.5. The Morgan fingerprint density at radius 1 is 1.50 bits per heavy atom. The van der Waals surface area contributed by atoms with Gasteiger partial charge in [0.1, 0.15) is 0 Å². The number of nitrogens with zero attached hydrogens (tertiary/aromatic N) is 2. The summed E-state index contributed by atoms with van der Waals surface area (Å²) >= 11 is 0. The van der Waals surface area contributed by atoms with Crippen LogP contribution in [-0.2, 0) is 18.4 Å². The number of carboxylic acids is 1. The van der Waals surface area contributed by atoms with Gasteiger partial charge in [0.05, 0.1) is 12.6 Å². The second-order valence-corrected chi connectivity index (χ2v) is 4.79. The highest BCUT2D eigenvalue weighted by Crippen LogP contribution is 2.05. The van der Waals surface area contributed by atoms with Crippen LogP contribution in [0.25, 0.3) is 0 Å². The highest BCUT2D eigenvalue weighted by atomic mass is 16.4. The molecule has 0 aromatic carbocycles. The Bertz CT molecular complexity index is 470. The van der Waals surface area contributed by atoms with Crippen molar-refractivity contribution in [1.29, 1.82) is 0 Å². The number of aryl methyl sites for hydroxylation is 1. The Kier molecular flexibility index (Phi) is 6.02. The predicted molar refractivity (Wildman–Crippen MR) is 74.3 cm³/mol. The molecule has 1 unspecified atom stereocenters. The first-order chi connectivity index (χ1) is 9.43. The van der Waals surface area contributed by atoms with Crippen molar-refractivity contribution in [2.75, 3.05) is 0 Å². The Hall–Kier alpha value is -2.05. The first-order valence-corrected chi connectivity index (χ1v) is 6.67. The average Bonchev–Trinajstić information content (AvgIpc) is 2.67. The molecule has 0 aliphatic rings. The molecule has 0 aliphatic carbocycles. The fraction of sp³-hybridized carbons (Fsp3) is 0.615. The van der Waals surface area contributed by atoms with E-state index < -0.39 is 5.97 Å². The van der Waals surface area contributed by atoms with E-state index in [4.69, 9.17) is 5.11 Å². The number of aromatic nitrogens is 2. The summed E-state index contributed by atoms with van der Waals surface area (Å²) in [7, 11) is 1.84. The van der Waals surface area contributed by atoms with Crippen LogP contribution in [-0.4, -0.2) is 32.9 Å². The zero-order chi connectivity index (χ0) is 15.1. The maximum atomic E-state index is 11.8. The number of carbonyl (C=O) groups excluding carboxylic acids is 1. The highest BCUT2D eigenvalue weighted by molar-refractivity contribution is 5.75. The van der Waals surface area contributed by atoms with Crippen LogP contribution in [0.5, 0.6) is 0 Å². The molecule has 0 radical (unpaired) electrons. The number of carbonyl (C=O) groups is 2.